The molecule has 0 saturated carbocycles. The van der Waals surface area contributed by atoms with Crippen molar-refractivity contribution >= 4 is 27.8 Å². The lowest BCUT2D eigenvalue weighted by atomic mass is 9.94. The number of nitrogens with one attached hydrogen (secondary N) is 2. The van der Waals surface area contributed by atoms with E-state index in [-0.39, 0.29) is 34.6 Å². The summed E-state index contributed by atoms with van der Waals surface area (Å²) in [5, 5.41) is 12.3. The highest BCUT2D eigenvalue weighted by Gasteiger charge is 2.22. The minimum Gasteiger partial charge on any atom is -0.484 e. The van der Waals surface area contributed by atoms with Gasteiger partial charge in [-0.1, -0.05) is 63.4 Å². The quantitative estimate of drug-likeness (QED) is 0.244. The Balaban J connectivity index is 1.57. The molecule has 218 valence electrons. The summed E-state index contributed by atoms with van der Waals surface area (Å²) in [6.45, 7) is 4.28. The van der Waals surface area contributed by atoms with Crippen LogP contribution < -0.4 is 14.8 Å². The number of aromatic nitrogens is 1. The van der Waals surface area contributed by atoms with Gasteiger partial charge in [-0.3, -0.25) is 9.59 Å². The maximum absolute atomic E-state index is 12.9. The molecule has 11 heteroatoms. The molecule has 3 aromatic rings. The van der Waals surface area contributed by atoms with E-state index in [2.05, 4.69) is 17.2 Å². The number of rotatable bonds is 15. The fourth-order valence-corrected chi connectivity index (χ4v) is 5.12. The molecule has 1 unspecified atom stereocenters. The summed E-state index contributed by atoms with van der Waals surface area (Å²) in [6, 6.07) is 16.3. The highest BCUT2D eigenvalue weighted by Crippen LogP contribution is 2.19. The van der Waals surface area contributed by atoms with Crippen molar-refractivity contribution in [3.63, 3.8) is 0 Å². The number of aromatic carboxylic acids is 1. The number of carboxylic acids is 1. The van der Waals surface area contributed by atoms with Gasteiger partial charge in [0.15, 0.2) is 12.3 Å². The molecule has 1 heterocycles. The number of sulfonamides is 1. The fraction of sp³-hybridized carbons (Fsp3) is 0.333. The number of pyridine rings is 1. The van der Waals surface area contributed by atoms with Gasteiger partial charge in [0.2, 0.25) is 0 Å². The monoisotopic (exact) mass is 581 g/mol. The number of nitrogens with zero attached hydrogens (tertiary/aromatic N) is 1. The highest BCUT2D eigenvalue weighted by atomic mass is 32.2. The van der Waals surface area contributed by atoms with Crippen molar-refractivity contribution < 1.29 is 32.6 Å². The summed E-state index contributed by atoms with van der Waals surface area (Å²) in [6.07, 6.45) is 4.83. The fourth-order valence-electron chi connectivity index (χ4n) is 4.15. The predicted octanol–water partition coefficient (Wildman–Crippen LogP) is 4.01. The van der Waals surface area contributed by atoms with Gasteiger partial charge in [0, 0.05) is 12.7 Å². The summed E-state index contributed by atoms with van der Waals surface area (Å²) in [5.74, 6) is -1.62. The zero-order chi connectivity index (χ0) is 29.8. The number of carboxylic acid groups (broad SMARTS) is 1. The van der Waals surface area contributed by atoms with Crippen molar-refractivity contribution in [1.29, 1.82) is 0 Å². The van der Waals surface area contributed by atoms with E-state index < -0.39 is 21.9 Å². The molecule has 0 spiro atoms. The largest absolute Gasteiger partial charge is 0.484 e. The molecular weight excluding hydrogens is 546 g/mol. The van der Waals surface area contributed by atoms with Crippen molar-refractivity contribution in [2.45, 2.75) is 50.8 Å². The van der Waals surface area contributed by atoms with Crippen molar-refractivity contribution in [3.05, 3.63) is 89.2 Å². The number of unbranched alkanes of at least 4 members (excludes halogenated alkanes) is 1. The lowest BCUT2D eigenvalue weighted by molar-refractivity contribution is -0.123. The first-order chi connectivity index (χ1) is 19.6. The molecule has 41 heavy (non-hydrogen) atoms. The third-order valence-corrected chi connectivity index (χ3v) is 7.71. The molecular formula is C30H35N3O7S. The average molecular weight is 582 g/mol. The number of amides is 2. The summed E-state index contributed by atoms with van der Waals surface area (Å²) < 4.78 is 33.1. The standard InChI is InChI=1S/C30H35N3O7S/c1-3-4-8-21(2)17-23-18-24(19-32-28(23)30(36)37)29(35)33-41(38,39)26-13-11-22(12-14-26)15-16-31-27(34)20-40-25-9-6-5-7-10-25/h5-7,9-14,18-19,21H,3-4,8,15-17,20H2,1-2H3,(H,31,34)(H,33,35)(H,36,37). The average Bonchev–Trinajstić information content (AvgIpc) is 2.95. The molecule has 0 aliphatic rings. The summed E-state index contributed by atoms with van der Waals surface area (Å²) >= 11 is 0. The Morgan fingerprint density at radius 1 is 1.05 bits per heavy atom. The van der Waals surface area contributed by atoms with E-state index in [4.69, 9.17) is 4.74 Å². The van der Waals surface area contributed by atoms with Crippen molar-refractivity contribution in [1.82, 2.24) is 15.0 Å². The Kier molecular flexibility index (Phi) is 11.4. The van der Waals surface area contributed by atoms with Gasteiger partial charge in [0.05, 0.1) is 10.5 Å². The molecule has 3 N–H and O–H groups in total. The maximum Gasteiger partial charge on any atom is 0.354 e. The van der Waals surface area contributed by atoms with Gasteiger partial charge in [-0.05, 0) is 60.2 Å². The summed E-state index contributed by atoms with van der Waals surface area (Å²) in [4.78, 5) is 40.2. The van der Waals surface area contributed by atoms with Gasteiger partial charge in [0.1, 0.15) is 5.75 Å². The van der Waals surface area contributed by atoms with Crippen LogP contribution in [0.25, 0.3) is 0 Å². The Labute approximate surface area is 240 Å². The Morgan fingerprint density at radius 2 is 1.76 bits per heavy atom. The Bertz CT molecular complexity index is 1440. The van der Waals surface area contributed by atoms with Crippen LogP contribution in [-0.4, -0.2) is 49.4 Å². The first-order valence-electron chi connectivity index (χ1n) is 13.4. The normalized spacial score (nSPS) is 11.9. The lowest BCUT2D eigenvalue weighted by Crippen LogP contribution is -2.31. The zero-order valence-corrected chi connectivity index (χ0v) is 23.9. The number of ether oxygens (including phenoxy) is 1. The zero-order valence-electron chi connectivity index (χ0n) is 23.1. The van der Waals surface area contributed by atoms with Crippen LogP contribution in [-0.2, 0) is 27.7 Å². The van der Waals surface area contributed by atoms with Crippen LogP contribution in [0.4, 0.5) is 0 Å². The van der Waals surface area contributed by atoms with Crippen LogP contribution >= 0.6 is 0 Å². The SMILES string of the molecule is CCCCC(C)Cc1cc(C(=O)NS(=O)(=O)c2ccc(CCNC(=O)COc3ccccc3)cc2)cnc1C(=O)O. The van der Waals surface area contributed by atoms with E-state index in [9.17, 15) is 27.9 Å². The molecule has 0 aliphatic carbocycles. The van der Waals surface area contributed by atoms with E-state index in [0.29, 0.717) is 30.7 Å². The molecule has 10 nitrogen and oxygen atoms in total. The Morgan fingerprint density at radius 3 is 2.41 bits per heavy atom. The third-order valence-electron chi connectivity index (χ3n) is 6.36. The topological polar surface area (TPSA) is 152 Å². The first kappa shape index (κ1) is 31.3. The molecule has 0 saturated heterocycles. The van der Waals surface area contributed by atoms with Crippen molar-refractivity contribution in [3.8, 4) is 5.75 Å². The minimum absolute atomic E-state index is 0.0418. The molecule has 0 radical (unpaired) electrons. The van der Waals surface area contributed by atoms with Gasteiger partial charge < -0.3 is 15.2 Å². The second kappa shape index (κ2) is 14.9. The molecule has 0 aliphatic heterocycles. The molecule has 2 aromatic carbocycles. The van der Waals surface area contributed by atoms with E-state index >= 15 is 0 Å². The predicted molar refractivity (Wildman–Crippen MR) is 153 cm³/mol. The third kappa shape index (κ3) is 9.71. The first-order valence-corrected chi connectivity index (χ1v) is 14.9. The van der Waals surface area contributed by atoms with E-state index in [1.54, 1.807) is 24.3 Å². The molecule has 0 bridgehead atoms. The smallest absolute Gasteiger partial charge is 0.354 e. The summed E-state index contributed by atoms with van der Waals surface area (Å²) in [5.41, 5.74) is 0.979. The van der Waals surface area contributed by atoms with Gasteiger partial charge >= 0.3 is 5.97 Å². The van der Waals surface area contributed by atoms with Crippen molar-refractivity contribution in [2.24, 2.45) is 5.92 Å². The van der Waals surface area contributed by atoms with Gasteiger partial charge in [-0.15, -0.1) is 0 Å². The van der Waals surface area contributed by atoms with E-state index in [0.717, 1.165) is 31.0 Å². The molecule has 0 fully saturated rings. The molecule has 1 atom stereocenters. The van der Waals surface area contributed by atoms with Crippen LogP contribution in [0.5, 0.6) is 5.75 Å². The van der Waals surface area contributed by atoms with Crippen LogP contribution in [0.3, 0.4) is 0 Å². The van der Waals surface area contributed by atoms with E-state index in [1.807, 2.05) is 29.8 Å². The number of para-hydroxylation sites is 1. The minimum atomic E-state index is -4.20. The van der Waals surface area contributed by atoms with Crippen molar-refractivity contribution in [2.75, 3.05) is 13.2 Å². The number of carbonyl (C=O) groups is 3. The van der Waals surface area contributed by atoms with Crippen LogP contribution in [0.15, 0.2) is 71.8 Å². The van der Waals surface area contributed by atoms with Crippen LogP contribution in [0.2, 0.25) is 0 Å². The van der Waals surface area contributed by atoms with Crippen LogP contribution in [0.1, 0.15) is 65.1 Å². The van der Waals surface area contributed by atoms with Gasteiger partial charge in [0.25, 0.3) is 21.8 Å². The second-order valence-electron chi connectivity index (χ2n) is 9.77. The number of hydrogen-bond acceptors (Lipinski definition) is 7. The van der Waals surface area contributed by atoms with Gasteiger partial charge in [-0.2, -0.15) is 0 Å². The number of benzene rings is 2. The molecule has 1 aromatic heterocycles. The van der Waals surface area contributed by atoms with E-state index in [1.165, 1.54) is 18.2 Å². The highest BCUT2D eigenvalue weighted by molar-refractivity contribution is 7.90. The molecule has 3 rings (SSSR count). The Hall–Kier alpha value is -4.25. The van der Waals surface area contributed by atoms with Gasteiger partial charge in [-0.25, -0.2) is 22.9 Å². The molecule has 2 amide bonds. The van der Waals surface area contributed by atoms with Crippen LogP contribution in [0, 0.1) is 5.92 Å². The summed E-state index contributed by atoms with van der Waals surface area (Å²) in [7, 11) is -4.20. The maximum atomic E-state index is 12.9. The number of carbonyl (C=O) groups excluding carboxylic acids is 2. The lowest BCUT2D eigenvalue weighted by Gasteiger charge is -2.14. The second-order valence-corrected chi connectivity index (χ2v) is 11.5. The number of hydrogen-bond donors (Lipinski definition) is 3.